The number of benzene rings is 2. The second-order valence-electron chi connectivity index (χ2n) is 5.25. The van der Waals surface area contributed by atoms with E-state index in [9.17, 15) is 0 Å². The van der Waals surface area contributed by atoms with Gasteiger partial charge in [0.25, 0.3) is 0 Å². The topological polar surface area (TPSA) is 25.8 Å². The van der Waals surface area contributed by atoms with Gasteiger partial charge >= 0.3 is 0 Å². The largest absolute Gasteiger partial charge is 0.229 e. The summed E-state index contributed by atoms with van der Waals surface area (Å²) in [5.74, 6) is 1.09. The summed E-state index contributed by atoms with van der Waals surface area (Å²) in [5, 5.41) is 0.559. The Balaban J connectivity index is 1.25. The SMILES string of the molecule is CC(CSSc1nc2ccccc2s1)SSc1nc2ccccc2s1. The van der Waals surface area contributed by atoms with Crippen molar-refractivity contribution < 1.29 is 0 Å². The van der Waals surface area contributed by atoms with Crippen LogP contribution in [0, 0.1) is 0 Å². The molecule has 0 fully saturated rings. The van der Waals surface area contributed by atoms with Crippen molar-refractivity contribution in [2.75, 3.05) is 5.75 Å². The summed E-state index contributed by atoms with van der Waals surface area (Å²) in [6.07, 6.45) is 0. The maximum atomic E-state index is 4.68. The van der Waals surface area contributed by atoms with E-state index in [0.717, 1.165) is 25.5 Å². The van der Waals surface area contributed by atoms with Gasteiger partial charge in [0.2, 0.25) is 0 Å². The lowest BCUT2D eigenvalue weighted by molar-refractivity contribution is 1.14. The summed E-state index contributed by atoms with van der Waals surface area (Å²) < 4.78 is 4.81. The zero-order valence-corrected chi connectivity index (χ0v) is 18.1. The van der Waals surface area contributed by atoms with E-state index < -0.39 is 0 Å². The van der Waals surface area contributed by atoms with Crippen LogP contribution in [0.2, 0.25) is 0 Å². The van der Waals surface area contributed by atoms with Crippen LogP contribution in [0.4, 0.5) is 0 Å². The van der Waals surface area contributed by atoms with Crippen molar-refractivity contribution in [3.8, 4) is 0 Å². The quantitative estimate of drug-likeness (QED) is 0.278. The Labute approximate surface area is 170 Å². The van der Waals surface area contributed by atoms with Crippen molar-refractivity contribution in [2.45, 2.75) is 20.9 Å². The standard InChI is InChI=1S/C17H14N2S6/c1-11(23-25-17-19-13-7-3-5-9-15(13)22-17)10-20-24-16-18-12-6-2-4-8-14(12)21-16/h2-9,11H,10H2,1H3. The fourth-order valence-electron chi connectivity index (χ4n) is 2.10. The molecule has 4 aromatic rings. The minimum absolute atomic E-state index is 0.559. The molecular formula is C17H14N2S6. The number of para-hydroxylation sites is 2. The first-order valence-electron chi connectivity index (χ1n) is 7.62. The molecule has 0 aliphatic rings. The molecule has 0 radical (unpaired) electrons. The Morgan fingerprint density at radius 3 is 2.00 bits per heavy atom. The molecule has 0 amide bonds. The molecule has 0 saturated heterocycles. The third-order valence-corrected chi connectivity index (χ3v) is 11.6. The highest BCUT2D eigenvalue weighted by Crippen LogP contribution is 2.42. The minimum Gasteiger partial charge on any atom is -0.229 e. The Morgan fingerprint density at radius 2 is 1.40 bits per heavy atom. The molecule has 0 aliphatic carbocycles. The highest BCUT2D eigenvalue weighted by Gasteiger charge is 2.10. The van der Waals surface area contributed by atoms with Gasteiger partial charge in [0, 0.05) is 11.0 Å². The minimum atomic E-state index is 0.559. The van der Waals surface area contributed by atoms with Crippen molar-refractivity contribution in [1.29, 1.82) is 0 Å². The van der Waals surface area contributed by atoms with Gasteiger partial charge < -0.3 is 0 Å². The van der Waals surface area contributed by atoms with E-state index in [-0.39, 0.29) is 0 Å². The van der Waals surface area contributed by atoms with Gasteiger partial charge in [-0.15, -0.1) is 22.7 Å². The van der Waals surface area contributed by atoms with E-state index in [2.05, 4.69) is 53.3 Å². The molecule has 128 valence electrons. The van der Waals surface area contributed by atoms with Crippen LogP contribution < -0.4 is 0 Å². The number of fused-ring (bicyclic) bond motifs is 2. The van der Waals surface area contributed by atoms with Crippen LogP contribution in [0.3, 0.4) is 0 Å². The third-order valence-electron chi connectivity index (χ3n) is 3.27. The second-order valence-corrected chi connectivity index (χ2v) is 12.8. The molecule has 2 heterocycles. The van der Waals surface area contributed by atoms with E-state index >= 15 is 0 Å². The molecule has 0 saturated carbocycles. The van der Waals surface area contributed by atoms with E-state index in [1.165, 1.54) is 9.40 Å². The average molecular weight is 439 g/mol. The Bertz CT molecular complexity index is 913. The Hall–Kier alpha value is -0.380. The van der Waals surface area contributed by atoms with E-state index in [4.69, 9.17) is 0 Å². The predicted molar refractivity (Wildman–Crippen MR) is 120 cm³/mol. The number of hydrogen-bond donors (Lipinski definition) is 0. The Kier molecular flexibility index (Phi) is 6.15. The lowest BCUT2D eigenvalue weighted by atomic mass is 10.3. The average Bonchev–Trinajstić information content (AvgIpc) is 3.23. The number of aromatic nitrogens is 2. The predicted octanol–water partition coefficient (Wildman–Crippen LogP) is 7.48. The molecule has 1 unspecified atom stereocenters. The highest BCUT2D eigenvalue weighted by molar-refractivity contribution is 8.78. The molecule has 2 aromatic carbocycles. The zero-order valence-electron chi connectivity index (χ0n) is 13.2. The van der Waals surface area contributed by atoms with Gasteiger partial charge in [-0.1, -0.05) is 52.8 Å². The first-order chi connectivity index (χ1) is 12.3. The van der Waals surface area contributed by atoms with Gasteiger partial charge in [0.05, 0.1) is 20.4 Å². The maximum absolute atomic E-state index is 4.68. The van der Waals surface area contributed by atoms with Gasteiger partial charge in [-0.05, 0) is 45.9 Å². The number of nitrogens with zero attached hydrogens (tertiary/aromatic N) is 2. The molecule has 25 heavy (non-hydrogen) atoms. The number of hydrogen-bond acceptors (Lipinski definition) is 8. The summed E-state index contributed by atoms with van der Waals surface area (Å²) in [6, 6.07) is 16.6. The summed E-state index contributed by atoms with van der Waals surface area (Å²) in [5.41, 5.74) is 2.20. The first kappa shape index (κ1) is 18.0. The smallest absolute Gasteiger partial charge is 0.161 e. The fraction of sp³-hybridized carbons (Fsp3) is 0.176. The van der Waals surface area contributed by atoms with E-state index in [1.807, 2.05) is 33.7 Å². The third kappa shape index (κ3) is 4.67. The number of thiazole rings is 2. The molecule has 2 aromatic heterocycles. The molecule has 1 atom stereocenters. The van der Waals surface area contributed by atoms with Crippen LogP contribution in [0.5, 0.6) is 0 Å². The van der Waals surface area contributed by atoms with Crippen LogP contribution >= 0.6 is 65.8 Å². The fourth-order valence-corrected chi connectivity index (χ4v) is 9.85. The maximum Gasteiger partial charge on any atom is 0.161 e. The summed E-state index contributed by atoms with van der Waals surface area (Å²) in [7, 11) is 7.36. The highest BCUT2D eigenvalue weighted by atomic mass is 33.1. The van der Waals surface area contributed by atoms with Crippen LogP contribution in [0.15, 0.2) is 57.2 Å². The van der Waals surface area contributed by atoms with Crippen molar-refractivity contribution in [2.24, 2.45) is 0 Å². The molecule has 4 rings (SSSR count). The molecule has 0 N–H and O–H groups in total. The summed E-state index contributed by atoms with van der Waals surface area (Å²) >= 11 is 3.55. The van der Waals surface area contributed by atoms with Crippen molar-refractivity contribution >= 4 is 86.3 Å². The molecule has 8 heteroatoms. The van der Waals surface area contributed by atoms with Crippen molar-refractivity contribution in [3.05, 3.63) is 48.5 Å². The molecule has 2 nitrogen and oxygen atoms in total. The Morgan fingerprint density at radius 1 is 0.840 bits per heavy atom. The molecule has 0 spiro atoms. The van der Waals surface area contributed by atoms with Gasteiger partial charge in [-0.25, -0.2) is 9.97 Å². The van der Waals surface area contributed by atoms with Crippen molar-refractivity contribution in [3.63, 3.8) is 0 Å². The van der Waals surface area contributed by atoms with Crippen molar-refractivity contribution in [1.82, 2.24) is 9.97 Å². The monoisotopic (exact) mass is 438 g/mol. The first-order valence-corrected chi connectivity index (χ1v) is 13.8. The second kappa shape index (κ2) is 8.54. The van der Waals surface area contributed by atoms with Gasteiger partial charge in [0.1, 0.15) is 0 Å². The number of rotatable bonds is 7. The van der Waals surface area contributed by atoms with Crippen LogP contribution in [0.25, 0.3) is 20.4 Å². The molecule has 0 bridgehead atoms. The van der Waals surface area contributed by atoms with Gasteiger partial charge in [-0.2, -0.15) is 0 Å². The lowest BCUT2D eigenvalue weighted by Gasteiger charge is -2.07. The normalized spacial score (nSPS) is 12.8. The van der Waals surface area contributed by atoms with E-state index in [1.54, 1.807) is 44.3 Å². The zero-order chi connectivity index (χ0) is 17.1. The van der Waals surface area contributed by atoms with Gasteiger partial charge in [-0.3, -0.25) is 0 Å². The van der Waals surface area contributed by atoms with Crippen LogP contribution in [-0.4, -0.2) is 21.0 Å². The van der Waals surface area contributed by atoms with Gasteiger partial charge in [0.15, 0.2) is 8.68 Å². The van der Waals surface area contributed by atoms with E-state index in [0.29, 0.717) is 5.25 Å². The molecule has 0 aliphatic heterocycles. The lowest BCUT2D eigenvalue weighted by Crippen LogP contribution is -1.95. The summed E-state index contributed by atoms with van der Waals surface area (Å²) in [4.78, 5) is 9.34. The molecular weight excluding hydrogens is 425 g/mol. The van der Waals surface area contributed by atoms with Crippen LogP contribution in [0.1, 0.15) is 6.92 Å². The summed E-state index contributed by atoms with van der Waals surface area (Å²) in [6.45, 7) is 2.27. The van der Waals surface area contributed by atoms with Crippen LogP contribution in [-0.2, 0) is 0 Å².